The fourth-order valence-corrected chi connectivity index (χ4v) is 8.13. The van der Waals surface area contributed by atoms with Crippen molar-refractivity contribution >= 4 is 5.97 Å². The summed E-state index contributed by atoms with van der Waals surface area (Å²) in [6.07, 6.45) is 14.4. The first-order chi connectivity index (χ1) is 13.3. The minimum absolute atomic E-state index is 0.0290. The van der Waals surface area contributed by atoms with E-state index in [0.29, 0.717) is 17.4 Å². The first-order valence-electron chi connectivity index (χ1n) is 11.9. The van der Waals surface area contributed by atoms with Crippen molar-refractivity contribution in [1.82, 2.24) is 5.32 Å². The molecule has 4 aliphatic rings. The predicted molar refractivity (Wildman–Crippen MR) is 114 cm³/mol. The van der Waals surface area contributed by atoms with E-state index in [1.807, 2.05) is 0 Å². The van der Waals surface area contributed by atoms with Gasteiger partial charge in [-0.2, -0.15) is 0 Å². The number of rotatable bonds is 5. The number of aliphatic carboxylic acids is 1. The molecule has 28 heavy (non-hydrogen) atoms. The third kappa shape index (κ3) is 3.07. The topological polar surface area (TPSA) is 49.3 Å². The Balaban J connectivity index is 1.58. The van der Waals surface area contributed by atoms with Crippen LogP contribution in [0.4, 0.5) is 0 Å². The summed E-state index contributed by atoms with van der Waals surface area (Å²) in [6.45, 7) is 10.6. The zero-order chi connectivity index (χ0) is 20.1. The molecule has 3 unspecified atom stereocenters. The zero-order valence-electron chi connectivity index (χ0n) is 18.4. The second-order valence-electron chi connectivity index (χ2n) is 11.3. The maximum Gasteiger partial charge on any atom is 0.307 e. The van der Waals surface area contributed by atoms with Gasteiger partial charge in [0.05, 0.1) is 5.92 Å². The van der Waals surface area contributed by atoms with Crippen molar-refractivity contribution in [2.45, 2.75) is 85.1 Å². The zero-order valence-corrected chi connectivity index (χ0v) is 18.4. The molecule has 0 spiro atoms. The molecule has 4 rings (SSSR count). The first-order valence-corrected chi connectivity index (χ1v) is 11.9. The van der Waals surface area contributed by atoms with E-state index < -0.39 is 5.97 Å². The van der Waals surface area contributed by atoms with Gasteiger partial charge in [-0.15, -0.1) is 0 Å². The van der Waals surface area contributed by atoms with E-state index in [9.17, 15) is 9.90 Å². The molecule has 2 N–H and O–H groups in total. The van der Waals surface area contributed by atoms with E-state index in [1.54, 1.807) is 0 Å². The Morgan fingerprint density at radius 2 is 1.93 bits per heavy atom. The Labute approximate surface area is 171 Å². The second-order valence-corrected chi connectivity index (χ2v) is 11.3. The average Bonchev–Trinajstić information content (AvgIpc) is 2.99. The maximum atomic E-state index is 11.9. The van der Waals surface area contributed by atoms with Gasteiger partial charge in [-0.05, 0) is 98.3 Å². The number of fused-ring (bicyclic) bond motifs is 5. The fourth-order valence-electron chi connectivity index (χ4n) is 8.13. The van der Waals surface area contributed by atoms with Gasteiger partial charge in [0.15, 0.2) is 0 Å². The van der Waals surface area contributed by atoms with Crippen molar-refractivity contribution in [3.8, 4) is 0 Å². The lowest BCUT2D eigenvalue weighted by Gasteiger charge is -2.61. The van der Waals surface area contributed by atoms with E-state index >= 15 is 0 Å². The van der Waals surface area contributed by atoms with Crippen LogP contribution in [0.1, 0.15) is 79.1 Å². The molecule has 0 aromatic heterocycles. The normalized spacial score (nSPS) is 47.5. The minimum Gasteiger partial charge on any atom is -0.481 e. The summed E-state index contributed by atoms with van der Waals surface area (Å²) in [5.74, 6) is 2.96. The number of carbonyl (C=O) groups is 1. The van der Waals surface area contributed by atoms with Crippen LogP contribution in [-0.4, -0.2) is 23.7 Å². The SMILES string of the molecule is CC(C)CCNC1C=CCC2CC[C@@H]3[C@@H](CC[C@]4(C)C(C(=O)O)CC[C@@H]34)[C@]21C. The molecule has 3 fully saturated rings. The van der Waals surface area contributed by atoms with Crippen molar-refractivity contribution in [2.24, 2.45) is 46.3 Å². The molecule has 3 heteroatoms. The number of nitrogens with one attached hydrogen (secondary N) is 1. The molecule has 3 nitrogen and oxygen atoms in total. The molecule has 8 atom stereocenters. The summed E-state index contributed by atoms with van der Waals surface area (Å²) in [5, 5.41) is 13.8. The highest BCUT2D eigenvalue weighted by molar-refractivity contribution is 5.71. The molecule has 0 aromatic carbocycles. The highest BCUT2D eigenvalue weighted by Crippen LogP contribution is 2.66. The van der Waals surface area contributed by atoms with Crippen LogP contribution in [0.2, 0.25) is 0 Å². The van der Waals surface area contributed by atoms with Crippen molar-refractivity contribution in [1.29, 1.82) is 0 Å². The quantitative estimate of drug-likeness (QED) is 0.612. The second kappa shape index (κ2) is 7.45. The van der Waals surface area contributed by atoms with E-state index in [2.05, 4.69) is 45.2 Å². The molecule has 3 saturated carbocycles. The Kier molecular flexibility index (Phi) is 5.44. The number of allylic oxidation sites excluding steroid dienone is 1. The van der Waals surface area contributed by atoms with E-state index in [0.717, 1.165) is 49.5 Å². The van der Waals surface area contributed by atoms with Gasteiger partial charge in [0.1, 0.15) is 0 Å². The van der Waals surface area contributed by atoms with Crippen molar-refractivity contribution < 1.29 is 9.90 Å². The number of hydrogen-bond acceptors (Lipinski definition) is 2. The molecule has 0 saturated heterocycles. The van der Waals surface area contributed by atoms with Gasteiger partial charge in [0.2, 0.25) is 0 Å². The minimum atomic E-state index is -0.544. The highest BCUT2D eigenvalue weighted by Gasteiger charge is 2.62. The van der Waals surface area contributed by atoms with Gasteiger partial charge in [0, 0.05) is 6.04 Å². The summed E-state index contributed by atoms with van der Waals surface area (Å²) in [4.78, 5) is 11.9. The third-order valence-corrected chi connectivity index (χ3v) is 9.77. The highest BCUT2D eigenvalue weighted by atomic mass is 16.4. The van der Waals surface area contributed by atoms with Gasteiger partial charge in [-0.1, -0.05) is 39.8 Å². The van der Waals surface area contributed by atoms with Crippen LogP contribution in [0.5, 0.6) is 0 Å². The molecule has 0 bridgehead atoms. The van der Waals surface area contributed by atoms with Crippen LogP contribution in [0.25, 0.3) is 0 Å². The van der Waals surface area contributed by atoms with E-state index in [1.165, 1.54) is 32.1 Å². The van der Waals surface area contributed by atoms with Gasteiger partial charge in [0.25, 0.3) is 0 Å². The van der Waals surface area contributed by atoms with Crippen LogP contribution in [0, 0.1) is 46.3 Å². The average molecular weight is 388 g/mol. The van der Waals surface area contributed by atoms with Crippen LogP contribution < -0.4 is 5.32 Å². The van der Waals surface area contributed by atoms with Crippen LogP contribution >= 0.6 is 0 Å². The lowest BCUT2D eigenvalue weighted by molar-refractivity contribution is -0.151. The number of carboxylic acid groups (broad SMARTS) is 1. The Morgan fingerprint density at radius 3 is 2.64 bits per heavy atom. The summed E-state index contributed by atoms with van der Waals surface area (Å²) in [7, 11) is 0. The van der Waals surface area contributed by atoms with Crippen molar-refractivity contribution in [3.63, 3.8) is 0 Å². The molecule has 0 aliphatic heterocycles. The van der Waals surface area contributed by atoms with Gasteiger partial charge in [-0.25, -0.2) is 0 Å². The number of hydrogen-bond donors (Lipinski definition) is 2. The molecule has 0 amide bonds. The van der Waals surface area contributed by atoms with Crippen LogP contribution in [0.15, 0.2) is 12.2 Å². The van der Waals surface area contributed by atoms with Crippen LogP contribution in [0.3, 0.4) is 0 Å². The Hall–Kier alpha value is -0.830. The predicted octanol–water partition coefficient (Wildman–Crippen LogP) is 5.51. The lowest BCUT2D eigenvalue weighted by atomic mass is 9.44. The largest absolute Gasteiger partial charge is 0.481 e. The van der Waals surface area contributed by atoms with E-state index in [4.69, 9.17) is 0 Å². The molecule has 158 valence electrons. The van der Waals surface area contributed by atoms with E-state index in [-0.39, 0.29) is 11.3 Å². The number of carboxylic acids is 1. The van der Waals surface area contributed by atoms with Gasteiger partial charge in [-0.3, -0.25) is 4.79 Å². The summed E-state index contributed by atoms with van der Waals surface area (Å²) >= 11 is 0. The Morgan fingerprint density at radius 1 is 1.14 bits per heavy atom. The molecule has 0 heterocycles. The summed E-state index contributed by atoms with van der Waals surface area (Å²) in [6, 6.07) is 0.485. The molecule has 0 aromatic rings. The fraction of sp³-hybridized carbons (Fsp3) is 0.880. The molecule has 4 aliphatic carbocycles. The monoisotopic (exact) mass is 387 g/mol. The van der Waals surface area contributed by atoms with Crippen molar-refractivity contribution in [3.05, 3.63) is 12.2 Å². The lowest BCUT2D eigenvalue weighted by Crippen LogP contribution is -2.60. The van der Waals surface area contributed by atoms with Crippen molar-refractivity contribution in [2.75, 3.05) is 6.54 Å². The third-order valence-electron chi connectivity index (χ3n) is 9.77. The molecular weight excluding hydrogens is 346 g/mol. The van der Waals surface area contributed by atoms with Crippen LogP contribution in [-0.2, 0) is 4.79 Å². The Bertz CT molecular complexity index is 628. The van der Waals surface area contributed by atoms with Gasteiger partial charge < -0.3 is 10.4 Å². The summed E-state index contributed by atoms with van der Waals surface area (Å²) in [5.41, 5.74) is 0.360. The first kappa shape index (κ1) is 20.4. The standard InChI is InChI=1S/C25H41NO2/c1-16(2)13-15-26-22-7-5-6-17-8-9-18-19-10-11-21(23(27)28)24(19,3)14-12-20(18)25(17,22)4/h5,7,16-22,26H,6,8-15H2,1-4H3,(H,27,28)/t17?,18-,19-,20+,21?,22?,24-,25-/m0/s1. The summed E-state index contributed by atoms with van der Waals surface area (Å²) < 4.78 is 0. The molecular formula is C25H41NO2. The molecule has 0 radical (unpaired) electrons. The smallest absolute Gasteiger partial charge is 0.307 e. The maximum absolute atomic E-state index is 11.9. The van der Waals surface area contributed by atoms with Gasteiger partial charge >= 0.3 is 5.97 Å².